The zero-order valence-corrected chi connectivity index (χ0v) is 14.2. The van der Waals surface area contributed by atoms with Crippen molar-refractivity contribution in [3.8, 4) is 5.75 Å². The smallest absolute Gasteiger partial charge is 0.227 e. The van der Waals surface area contributed by atoms with Crippen LogP contribution in [0.4, 0.5) is 4.39 Å². The lowest BCUT2D eigenvalue weighted by molar-refractivity contribution is -0.122. The largest absolute Gasteiger partial charge is 0.505 e. The second kappa shape index (κ2) is 7.77. The average Bonchev–Trinajstić information content (AvgIpc) is 2.98. The van der Waals surface area contributed by atoms with Gasteiger partial charge < -0.3 is 10.4 Å². The molecular weight excluding hydrogens is 295 g/mol. The first-order valence-corrected chi connectivity index (χ1v) is 8.49. The lowest BCUT2D eigenvalue weighted by Crippen LogP contribution is -2.41. The maximum absolute atomic E-state index is 13.4. The van der Waals surface area contributed by atoms with Gasteiger partial charge in [-0.3, -0.25) is 9.69 Å². The molecule has 1 aliphatic rings. The van der Waals surface area contributed by atoms with Gasteiger partial charge >= 0.3 is 0 Å². The van der Waals surface area contributed by atoms with Gasteiger partial charge in [0.2, 0.25) is 5.91 Å². The van der Waals surface area contributed by atoms with Gasteiger partial charge in [-0.25, -0.2) is 4.39 Å². The maximum Gasteiger partial charge on any atom is 0.227 e. The summed E-state index contributed by atoms with van der Waals surface area (Å²) < 4.78 is 13.4. The molecule has 0 radical (unpaired) electrons. The summed E-state index contributed by atoms with van der Waals surface area (Å²) in [7, 11) is 0. The topological polar surface area (TPSA) is 52.6 Å². The van der Waals surface area contributed by atoms with Gasteiger partial charge in [-0.05, 0) is 43.9 Å². The Morgan fingerprint density at radius 3 is 2.74 bits per heavy atom. The second-order valence-corrected chi connectivity index (χ2v) is 6.39. The predicted molar refractivity (Wildman–Crippen MR) is 89.0 cm³/mol. The van der Waals surface area contributed by atoms with Crippen molar-refractivity contribution in [3.05, 3.63) is 29.6 Å². The number of phenolic OH excluding ortho intramolecular Hbond substituents is 1. The number of benzene rings is 1. The van der Waals surface area contributed by atoms with Crippen LogP contribution >= 0.6 is 0 Å². The number of hydrogen-bond donors (Lipinski definition) is 2. The molecule has 1 fully saturated rings. The predicted octanol–water partition coefficient (Wildman–Crippen LogP) is 3.01. The molecule has 0 bridgehead atoms. The van der Waals surface area contributed by atoms with Crippen LogP contribution in [0.5, 0.6) is 5.75 Å². The molecule has 1 amide bonds. The minimum absolute atomic E-state index is 0.0912. The number of amides is 1. The fourth-order valence-corrected chi connectivity index (χ4v) is 3.31. The number of likely N-dealkylation sites (tertiary alicyclic amines) is 1. The molecule has 1 aliphatic heterocycles. The Morgan fingerprint density at radius 1 is 1.43 bits per heavy atom. The number of carbonyl (C=O) groups is 1. The molecule has 4 nitrogen and oxygen atoms in total. The van der Waals surface area contributed by atoms with Crippen molar-refractivity contribution in [2.24, 2.45) is 0 Å². The number of nitrogens with one attached hydrogen (secondary N) is 1. The van der Waals surface area contributed by atoms with Crippen LogP contribution in [0.1, 0.15) is 51.5 Å². The number of nitrogens with zero attached hydrogens (tertiary/aromatic N) is 1. The van der Waals surface area contributed by atoms with E-state index in [1.54, 1.807) is 13.0 Å². The monoisotopic (exact) mass is 322 g/mol. The van der Waals surface area contributed by atoms with E-state index in [2.05, 4.69) is 24.1 Å². The van der Waals surface area contributed by atoms with E-state index in [4.69, 9.17) is 0 Å². The standard InChI is InChI=1S/C18H27FN2O2/c1-4-15(5-2)21-9-8-14(11-21)20-18(23)12(3)13-6-7-17(22)16(19)10-13/h6-7,10,12,14-15,22H,4-5,8-9,11H2,1-3H3,(H,20,23). The summed E-state index contributed by atoms with van der Waals surface area (Å²) in [5.41, 5.74) is 0.577. The summed E-state index contributed by atoms with van der Waals surface area (Å²) in [6.45, 7) is 8.05. The molecule has 1 aromatic carbocycles. The van der Waals surface area contributed by atoms with Crippen LogP contribution in [0.25, 0.3) is 0 Å². The third-order valence-corrected chi connectivity index (χ3v) is 4.89. The summed E-state index contributed by atoms with van der Waals surface area (Å²) in [5, 5.41) is 12.3. The Balaban J connectivity index is 1.93. The summed E-state index contributed by atoms with van der Waals surface area (Å²) in [5.74, 6) is -1.61. The molecule has 128 valence electrons. The van der Waals surface area contributed by atoms with E-state index in [-0.39, 0.29) is 11.9 Å². The van der Waals surface area contributed by atoms with Gasteiger partial charge in [-0.2, -0.15) is 0 Å². The molecule has 5 heteroatoms. The molecule has 0 saturated carbocycles. The highest BCUT2D eigenvalue weighted by Crippen LogP contribution is 2.23. The number of halogens is 1. The molecule has 0 aromatic heterocycles. The van der Waals surface area contributed by atoms with E-state index in [9.17, 15) is 14.3 Å². The maximum atomic E-state index is 13.4. The third kappa shape index (κ3) is 4.22. The van der Waals surface area contributed by atoms with E-state index in [0.29, 0.717) is 11.6 Å². The van der Waals surface area contributed by atoms with Crippen LogP contribution in [0, 0.1) is 5.82 Å². The van der Waals surface area contributed by atoms with Crippen molar-refractivity contribution in [1.29, 1.82) is 0 Å². The zero-order chi connectivity index (χ0) is 17.0. The minimum atomic E-state index is -0.692. The Morgan fingerprint density at radius 2 is 2.13 bits per heavy atom. The molecule has 0 aliphatic carbocycles. The first-order chi connectivity index (χ1) is 11.0. The van der Waals surface area contributed by atoms with E-state index in [1.165, 1.54) is 12.1 Å². The van der Waals surface area contributed by atoms with E-state index in [1.807, 2.05) is 0 Å². The van der Waals surface area contributed by atoms with Gasteiger partial charge in [-0.1, -0.05) is 19.9 Å². The van der Waals surface area contributed by atoms with Gasteiger partial charge in [-0.15, -0.1) is 0 Å². The van der Waals surface area contributed by atoms with Gasteiger partial charge in [0.25, 0.3) is 0 Å². The Labute approximate surface area is 137 Å². The van der Waals surface area contributed by atoms with Crippen molar-refractivity contribution in [1.82, 2.24) is 10.2 Å². The lowest BCUT2D eigenvalue weighted by atomic mass is 9.99. The van der Waals surface area contributed by atoms with Crippen molar-refractivity contribution in [2.75, 3.05) is 13.1 Å². The van der Waals surface area contributed by atoms with E-state index >= 15 is 0 Å². The van der Waals surface area contributed by atoms with E-state index < -0.39 is 17.5 Å². The summed E-state index contributed by atoms with van der Waals surface area (Å²) in [6.07, 6.45) is 3.21. The van der Waals surface area contributed by atoms with Crippen LogP contribution in [-0.2, 0) is 4.79 Å². The molecule has 2 N–H and O–H groups in total. The van der Waals surface area contributed by atoms with Gasteiger partial charge in [0, 0.05) is 25.2 Å². The highest BCUT2D eigenvalue weighted by atomic mass is 19.1. The number of aromatic hydroxyl groups is 1. The van der Waals surface area contributed by atoms with Crippen molar-refractivity contribution in [3.63, 3.8) is 0 Å². The second-order valence-electron chi connectivity index (χ2n) is 6.39. The molecule has 2 unspecified atom stereocenters. The lowest BCUT2D eigenvalue weighted by Gasteiger charge is -2.26. The van der Waals surface area contributed by atoms with Crippen molar-refractivity contribution in [2.45, 2.75) is 58.0 Å². The SMILES string of the molecule is CCC(CC)N1CCC(NC(=O)C(C)c2ccc(O)c(F)c2)C1. The molecular formula is C18H27FN2O2. The van der Waals surface area contributed by atoms with Crippen LogP contribution in [-0.4, -0.2) is 41.1 Å². The van der Waals surface area contributed by atoms with Crippen LogP contribution < -0.4 is 5.32 Å². The van der Waals surface area contributed by atoms with Crippen molar-refractivity contribution >= 4 is 5.91 Å². The Kier molecular flexibility index (Phi) is 5.99. The summed E-state index contributed by atoms with van der Waals surface area (Å²) in [6, 6.07) is 4.85. The quantitative estimate of drug-likeness (QED) is 0.846. The third-order valence-electron chi connectivity index (χ3n) is 4.89. The van der Waals surface area contributed by atoms with Gasteiger partial charge in [0.15, 0.2) is 11.6 Å². The van der Waals surface area contributed by atoms with Crippen LogP contribution in [0.15, 0.2) is 18.2 Å². The molecule has 1 aromatic rings. The first kappa shape index (κ1) is 17.7. The first-order valence-electron chi connectivity index (χ1n) is 8.49. The average molecular weight is 322 g/mol. The molecule has 2 rings (SSSR count). The number of phenols is 1. The number of carbonyl (C=O) groups excluding carboxylic acids is 1. The van der Waals surface area contributed by atoms with Crippen molar-refractivity contribution < 1.29 is 14.3 Å². The Hall–Kier alpha value is -1.62. The van der Waals surface area contributed by atoms with E-state index in [0.717, 1.165) is 32.4 Å². The minimum Gasteiger partial charge on any atom is -0.505 e. The highest BCUT2D eigenvalue weighted by Gasteiger charge is 2.28. The summed E-state index contributed by atoms with van der Waals surface area (Å²) in [4.78, 5) is 14.8. The van der Waals surface area contributed by atoms with Gasteiger partial charge in [0.05, 0.1) is 5.92 Å². The summed E-state index contributed by atoms with van der Waals surface area (Å²) >= 11 is 0. The van der Waals surface area contributed by atoms with Crippen LogP contribution in [0.2, 0.25) is 0 Å². The number of rotatable bonds is 6. The zero-order valence-electron chi connectivity index (χ0n) is 14.2. The fourth-order valence-electron chi connectivity index (χ4n) is 3.31. The number of hydrogen-bond acceptors (Lipinski definition) is 3. The van der Waals surface area contributed by atoms with Crippen LogP contribution in [0.3, 0.4) is 0 Å². The highest BCUT2D eigenvalue weighted by molar-refractivity contribution is 5.83. The normalized spacial score (nSPS) is 20.0. The Bertz CT molecular complexity index is 546. The molecule has 2 atom stereocenters. The molecule has 1 heterocycles. The van der Waals surface area contributed by atoms with Gasteiger partial charge in [0.1, 0.15) is 0 Å². The molecule has 23 heavy (non-hydrogen) atoms. The molecule has 1 saturated heterocycles. The fraction of sp³-hybridized carbons (Fsp3) is 0.611. The molecule has 0 spiro atoms.